The smallest absolute Gasteiger partial charge is 0.413 e. The number of carbonyl (C=O) groups is 3. The number of benzene rings is 2. The Morgan fingerprint density at radius 3 is 1.83 bits per heavy atom. The van der Waals surface area contributed by atoms with Crippen LogP contribution in [0.2, 0.25) is 0 Å². The summed E-state index contributed by atoms with van der Waals surface area (Å²) in [4.78, 5) is 39.8. The number of anilines is 1. The van der Waals surface area contributed by atoms with Gasteiger partial charge < -0.3 is 24.8 Å². The summed E-state index contributed by atoms with van der Waals surface area (Å²) in [5.41, 5.74) is 1.59. The average Bonchev–Trinajstić information content (AvgIpc) is 3.45. The molecule has 1 aromatic heterocycles. The van der Waals surface area contributed by atoms with Gasteiger partial charge in [0, 0.05) is 6.07 Å². The van der Waals surface area contributed by atoms with Crippen LogP contribution in [0.3, 0.4) is 0 Å². The first-order chi connectivity index (χ1) is 23.1. The van der Waals surface area contributed by atoms with Crippen molar-refractivity contribution in [2.75, 3.05) is 5.32 Å². The zero-order valence-electron chi connectivity index (χ0n) is 28.3. The maximum absolute atomic E-state index is 13.8. The minimum Gasteiger partial charge on any atom is -0.444 e. The highest BCUT2D eigenvalue weighted by molar-refractivity contribution is 5.95. The van der Waals surface area contributed by atoms with Crippen LogP contribution in [0.5, 0.6) is 0 Å². The summed E-state index contributed by atoms with van der Waals surface area (Å²) in [6.07, 6.45) is 6.30. The number of nitrogens with zero attached hydrogens (tertiary/aromatic N) is 2. The highest BCUT2D eigenvalue weighted by Crippen LogP contribution is 2.25. The summed E-state index contributed by atoms with van der Waals surface area (Å²) in [5, 5.41) is 13.3. The van der Waals surface area contributed by atoms with Crippen LogP contribution in [0.1, 0.15) is 93.8 Å². The van der Waals surface area contributed by atoms with Crippen molar-refractivity contribution in [2.45, 2.75) is 122 Å². The second kappa shape index (κ2) is 16.7. The summed E-state index contributed by atoms with van der Waals surface area (Å²) in [7, 11) is 0. The summed E-state index contributed by atoms with van der Waals surface area (Å²) in [5.74, 6) is -0.572. The predicted octanol–water partition coefficient (Wildman–Crippen LogP) is 6.13. The lowest BCUT2D eigenvalue weighted by molar-refractivity contribution is -0.124. The van der Waals surface area contributed by atoms with E-state index >= 15 is 0 Å². The van der Waals surface area contributed by atoms with E-state index < -0.39 is 17.6 Å². The Morgan fingerprint density at radius 2 is 1.29 bits per heavy atom. The molecule has 2 fully saturated rings. The van der Waals surface area contributed by atoms with Crippen molar-refractivity contribution in [3.05, 3.63) is 83.6 Å². The molecule has 4 atom stereocenters. The second-order valence-corrected chi connectivity index (χ2v) is 13.7. The topological polar surface area (TPSA) is 133 Å². The van der Waals surface area contributed by atoms with Crippen molar-refractivity contribution in [1.29, 1.82) is 0 Å². The predicted molar refractivity (Wildman–Crippen MR) is 182 cm³/mol. The summed E-state index contributed by atoms with van der Waals surface area (Å²) < 4.78 is 19.2. The maximum atomic E-state index is 13.8. The summed E-state index contributed by atoms with van der Waals surface area (Å²) in [6, 6.07) is 21.0. The zero-order valence-corrected chi connectivity index (χ0v) is 28.3. The highest BCUT2D eigenvalue weighted by atomic mass is 16.6. The molecule has 0 radical (unpaired) electrons. The molecule has 0 spiro atoms. The van der Waals surface area contributed by atoms with Crippen LogP contribution in [-0.2, 0) is 38.8 Å². The van der Waals surface area contributed by atoms with Gasteiger partial charge in [-0.05, 0) is 57.6 Å². The van der Waals surface area contributed by atoms with Crippen molar-refractivity contribution < 1.29 is 28.6 Å². The van der Waals surface area contributed by atoms with Crippen molar-refractivity contribution in [1.82, 2.24) is 20.4 Å². The molecule has 2 saturated carbocycles. The SMILES string of the molecule is CC(C)(C)OC(=O)Nc1cc(C(=O)N[C@H]2CCCC[C@@H]2OCc2ccccc2)n(CC(=O)N[C@@H]2CCCC[C@H]2OCc2ccccc2)n1. The van der Waals surface area contributed by atoms with Crippen molar-refractivity contribution in [3.63, 3.8) is 0 Å². The van der Waals surface area contributed by atoms with Crippen LogP contribution < -0.4 is 16.0 Å². The fourth-order valence-electron chi connectivity index (χ4n) is 6.30. The van der Waals surface area contributed by atoms with Gasteiger partial charge in [-0.15, -0.1) is 0 Å². The van der Waals surface area contributed by atoms with Gasteiger partial charge in [0.25, 0.3) is 5.91 Å². The Bertz CT molecular complexity index is 1490. The highest BCUT2D eigenvalue weighted by Gasteiger charge is 2.31. The molecular formula is C37H49N5O6. The normalized spacial score (nSPS) is 21.2. The Balaban J connectivity index is 1.27. The molecule has 258 valence electrons. The third-order valence-corrected chi connectivity index (χ3v) is 8.62. The number of hydrogen-bond acceptors (Lipinski definition) is 7. The third-order valence-electron chi connectivity index (χ3n) is 8.62. The molecule has 3 amide bonds. The monoisotopic (exact) mass is 659 g/mol. The molecule has 1 heterocycles. The summed E-state index contributed by atoms with van der Waals surface area (Å²) >= 11 is 0. The minimum absolute atomic E-state index is 0.115. The lowest BCUT2D eigenvalue weighted by Crippen LogP contribution is -2.48. The van der Waals surface area contributed by atoms with Crippen LogP contribution in [0, 0.1) is 0 Å². The Morgan fingerprint density at radius 1 is 0.771 bits per heavy atom. The van der Waals surface area contributed by atoms with Gasteiger partial charge in [0.15, 0.2) is 5.82 Å². The second-order valence-electron chi connectivity index (χ2n) is 13.7. The zero-order chi connectivity index (χ0) is 33.9. The first kappa shape index (κ1) is 35.1. The van der Waals surface area contributed by atoms with E-state index in [1.807, 2.05) is 60.7 Å². The van der Waals surface area contributed by atoms with Crippen LogP contribution in [0.4, 0.5) is 10.6 Å². The van der Waals surface area contributed by atoms with Crippen LogP contribution in [-0.4, -0.2) is 57.6 Å². The van der Waals surface area contributed by atoms with Gasteiger partial charge >= 0.3 is 6.09 Å². The van der Waals surface area contributed by atoms with Gasteiger partial charge in [-0.25, -0.2) is 9.48 Å². The molecule has 48 heavy (non-hydrogen) atoms. The van der Waals surface area contributed by atoms with Crippen LogP contribution in [0.15, 0.2) is 66.7 Å². The van der Waals surface area contributed by atoms with E-state index in [9.17, 15) is 14.4 Å². The molecule has 0 saturated heterocycles. The molecular weight excluding hydrogens is 610 g/mol. The number of carbonyl (C=O) groups excluding carboxylic acids is 3. The molecule has 3 N–H and O–H groups in total. The average molecular weight is 660 g/mol. The van der Waals surface area contributed by atoms with E-state index in [4.69, 9.17) is 14.2 Å². The summed E-state index contributed by atoms with van der Waals surface area (Å²) in [6.45, 7) is 6.00. The Hall–Kier alpha value is -4.22. The van der Waals surface area contributed by atoms with Crippen molar-refractivity contribution in [2.24, 2.45) is 0 Å². The van der Waals surface area contributed by atoms with Gasteiger partial charge in [0.2, 0.25) is 5.91 Å². The van der Waals surface area contributed by atoms with E-state index in [2.05, 4.69) is 21.0 Å². The largest absolute Gasteiger partial charge is 0.444 e. The molecule has 0 aliphatic heterocycles. The molecule has 3 aromatic rings. The minimum atomic E-state index is -0.721. The van der Waals surface area contributed by atoms with Gasteiger partial charge in [-0.3, -0.25) is 14.9 Å². The number of rotatable bonds is 12. The fraction of sp³-hybridized carbons (Fsp3) is 0.514. The van der Waals surface area contributed by atoms with Gasteiger partial charge in [-0.2, -0.15) is 5.10 Å². The first-order valence-electron chi connectivity index (χ1n) is 17.1. The molecule has 2 aliphatic carbocycles. The number of aromatic nitrogens is 2. The van der Waals surface area contributed by atoms with Gasteiger partial charge in [0.1, 0.15) is 17.8 Å². The van der Waals surface area contributed by atoms with Crippen molar-refractivity contribution >= 4 is 23.7 Å². The molecule has 0 unspecified atom stereocenters. The maximum Gasteiger partial charge on any atom is 0.413 e. The quantitative estimate of drug-likeness (QED) is 0.213. The van der Waals surface area contributed by atoms with Gasteiger partial charge in [0.05, 0.1) is 37.5 Å². The lowest BCUT2D eigenvalue weighted by atomic mass is 9.92. The standard InChI is InChI=1S/C37H49N5O6/c1-37(2,3)48-36(45)40-33-22-30(35(44)39-29-19-11-13-21-32(29)47-25-27-16-8-5-9-17-27)42(41-33)23-34(43)38-28-18-10-12-20-31(28)46-24-26-14-6-4-7-15-26/h4-9,14-17,22,28-29,31-32H,10-13,18-21,23-25H2,1-3H3,(H,38,43)(H,39,44)(H,40,41,45)/t28-,29+,31-,32+/m1/s1. The number of nitrogens with one attached hydrogen (secondary N) is 3. The van der Waals surface area contributed by atoms with E-state index in [1.54, 1.807) is 20.8 Å². The Labute approximate surface area is 283 Å². The van der Waals surface area contributed by atoms with E-state index in [-0.39, 0.29) is 48.3 Å². The van der Waals surface area contributed by atoms with E-state index in [1.165, 1.54) is 10.7 Å². The number of amides is 3. The molecule has 11 nitrogen and oxygen atoms in total. The van der Waals surface area contributed by atoms with Gasteiger partial charge in [-0.1, -0.05) is 86.3 Å². The first-order valence-corrected chi connectivity index (χ1v) is 17.1. The molecule has 2 aliphatic rings. The molecule has 5 rings (SSSR count). The Kier molecular flexibility index (Phi) is 12.2. The van der Waals surface area contributed by atoms with Crippen molar-refractivity contribution in [3.8, 4) is 0 Å². The number of hydrogen-bond donors (Lipinski definition) is 3. The van der Waals surface area contributed by atoms with E-state index in [0.717, 1.165) is 62.5 Å². The lowest BCUT2D eigenvalue weighted by Gasteiger charge is -2.32. The van der Waals surface area contributed by atoms with Crippen LogP contribution in [0.25, 0.3) is 0 Å². The molecule has 2 aromatic carbocycles. The van der Waals surface area contributed by atoms with E-state index in [0.29, 0.717) is 13.2 Å². The van der Waals surface area contributed by atoms with Crippen LogP contribution >= 0.6 is 0 Å². The number of ether oxygens (including phenoxy) is 3. The third kappa shape index (κ3) is 10.6. The molecule has 11 heteroatoms. The molecule has 0 bridgehead atoms. The fourth-order valence-corrected chi connectivity index (χ4v) is 6.30.